The molecule has 4 aromatic rings. The van der Waals surface area contributed by atoms with Gasteiger partial charge in [-0.3, -0.25) is 4.68 Å². The number of nitrogens with one attached hydrogen (secondary N) is 1. The van der Waals surface area contributed by atoms with Crippen molar-refractivity contribution < 1.29 is 4.42 Å². The van der Waals surface area contributed by atoms with Gasteiger partial charge in [-0.25, -0.2) is 4.98 Å². The van der Waals surface area contributed by atoms with Crippen molar-refractivity contribution in [2.24, 2.45) is 0 Å². The Labute approximate surface area is 177 Å². The standard InChI is InChI=1S/C25H28N4O/c1-17-5-9-21(10-6-17)15-29-16-23(14-26-20(4)25-27-13-19(3)30-25)24(28-29)22-11-7-18(2)8-12-22/h5-13,16,20,26H,14-15H2,1-4H3. The van der Waals surface area contributed by atoms with E-state index in [9.17, 15) is 0 Å². The molecule has 2 heterocycles. The first kappa shape index (κ1) is 20.1. The number of aryl methyl sites for hydroxylation is 3. The Kier molecular flexibility index (Phi) is 5.81. The molecule has 0 aliphatic heterocycles. The number of oxazole rings is 1. The van der Waals surface area contributed by atoms with Crippen molar-refractivity contribution in [3.63, 3.8) is 0 Å². The summed E-state index contributed by atoms with van der Waals surface area (Å²) in [5, 5.41) is 8.45. The fourth-order valence-corrected chi connectivity index (χ4v) is 3.43. The van der Waals surface area contributed by atoms with Crippen LogP contribution in [-0.4, -0.2) is 14.8 Å². The molecule has 2 aromatic heterocycles. The minimum absolute atomic E-state index is 0.0185. The Hall–Kier alpha value is -3.18. The number of hydrogen-bond donors (Lipinski definition) is 1. The molecule has 0 spiro atoms. The fraction of sp³-hybridized carbons (Fsp3) is 0.280. The molecule has 0 saturated heterocycles. The lowest BCUT2D eigenvalue weighted by atomic mass is 10.1. The van der Waals surface area contributed by atoms with Crippen LogP contribution in [0.25, 0.3) is 11.3 Å². The van der Waals surface area contributed by atoms with Crippen LogP contribution in [0.2, 0.25) is 0 Å². The van der Waals surface area contributed by atoms with Crippen LogP contribution in [0, 0.1) is 20.8 Å². The quantitative estimate of drug-likeness (QED) is 0.454. The summed E-state index contributed by atoms with van der Waals surface area (Å²) in [6.45, 7) is 9.60. The highest BCUT2D eigenvalue weighted by Gasteiger charge is 2.15. The molecule has 4 rings (SSSR count). The van der Waals surface area contributed by atoms with Crippen LogP contribution in [0.5, 0.6) is 0 Å². The van der Waals surface area contributed by atoms with Crippen LogP contribution in [0.4, 0.5) is 0 Å². The van der Waals surface area contributed by atoms with Crippen molar-refractivity contribution >= 4 is 0 Å². The van der Waals surface area contributed by atoms with Gasteiger partial charge in [-0.2, -0.15) is 5.10 Å². The Morgan fingerprint density at radius 1 is 0.967 bits per heavy atom. The molecule has 154 valence electrons. The minimum atomic E-state index is 0.0185. The van der Waals surface area contributed by atoms with Gasteiger partial charge in [0.25, 0.3) is 0 Å². The summed E-state index contributed by atoms with van der Waals surface area (Å²) in [4.78, 5) is 4.34. The molecular weight excluding hydrogens is 372 g/mol. The summed E-state index contributed by atoms with van der Waals surface area (Å²) in [7, 11) is 0. The van der Waals surface area contributed by atoms with Gasteiger partial charge in [0.2, 0.25) is 5.89 Å². The number of aromatic nitrogens is 3. The molecule has 1 unspecified atom stereocenters. The van der Waals surface area contributed by atoms with Gasteiger partial charge < -0.3 is 9.73 Å². The zero-order chi connectivity index (χ0) is 21.1. The second-order valence-corrected chi connectivity index (χ2v) is 7.96. The highest BCUT2D eigenvalue weighted by molar-refractivity contribution is 5.63. The summed E-state index contributed by atoms with van der Waals surface area (Å²) >= 11 is 0. The van der Waals surface area contributed by atoms with Gasteiger partial charge in [-0.05, 0) is 33.3 Å². The van der Waals surface area contributed by atoms with Gasteiger partial charge in [0.1, 0.15) is 5.76 Å². The van der Waals surface area contributed by atoms with Crippen molar-refractivity contribution in [3.05, 3.63) is 94.8 Å². The van der Waals surface area contributed by atoms with E-state index in [1.807, 2.05) is 11.6 Å². The maximum Gasteiger partial charge on any atom is 0.211 e. The zero-order valence-corrected chi connectivity index (χ0v) is 18.0. The highest BCUT2D eigenvalue weighted by atomic mass is 16.4. The normalized spacial score (nSPS) is 12.3. The molecule has 0 amide bonds. The molecular formula is C25H28N4O. The molecule has 5 heteroatoms. The average Bonchev–Trinajstić information content (AvgIpc) is 3.35. The van der Waals surface area contributed by atoms with Crippen LogP contribution in [0.15, 0.2) is 65.3 Å². The van der Waals surface area contributed by atoms with Crippen LogP contribution in [0.1, 0.15) is 46.9 Å². The van der Waals surface area contributed by atoms with E-state index >= 15 is 0 Å². The third kappa shape index (κ3) is 4.69. The lowest BCUT2D eigenvalue weighted by molar-refractivity contribution is 0.402. The number of benzene rings is 2. The summed E-state index contributed by atoms with van der Waals surface area (Å²) in [6.07, 6.45) is 3.89. The van der Waals surface area contributed by atoms with Crippen LogP contribution >= 0.6 is 0 Å². The number of hydrogen-bond acceptors (Lipinski definition) is 4. The van der Waals surface area contributed by atoms with E-state index in [1.54, 1.807) is 6.20 Å². The second kappa shape index (κ2) is 8.67. The van der Waals surface area contributed by atoms with E-state index in [2.05, 4.69) is 85.8 Å². The summed E-state index contributed by atoms with van der Waals surface area (Å²) in [5.41, 5.74) is 7.03. The molecule has 1 N–H and O–H groups in total. The Morgan fingerprint density at radius 3 is 2.27 bits per heavy atom. The van der Waals surface area contributed by atoms with E-state index in [-0.39, 0.29) is 6.04 Å². The molecule has 0 radical (unpaired) electrons. The topological polar surface area (TPSA) is 55.9 Å². The SMILES string of the molecule is Cc1ccc(Cn2cc(CNC(C)c3ncc(C)o3)c(-c3ccc(C)cc3)n2)cc1. The molecule has 0 fully saturated rings. The predicted molar refractivity (Wildman–Crippen MR) is 119 cm³/mol. The van der Waals surface area contributed by atoms with Crippen molar-refractivity contribution in [2.45, 2.75) is 46.8 Å². The maximum absolute atomic E-state index is 5.66. The minimum Gasteiger partial charge on any atom is -0.444 e. The van der Waals surface area contributed by atoms with E-state index in [0.717, 1.165) is 29.1 Å². The molecule has 5 nitrogen and oxygen atoms in total. The van der Waals surface area contributed by atoms with Crippen LogP contribution in [-0.2, 0) is 13.1 Å². The maximum atomic E-state index is 5.66. The van der Waals surface area contributed by atoms with Crippen LogP contribution in [0.3, 0.4) is 0 Å². The third-order valence-corrected chi connectivity index (χ3v) is 5.24. The van der Waals surface area contributed by atoms with E-state index in [1.165, 1.54) is 16.7 Å². The Balaban J connectivity index is 1.58. The molecule has 1 atom stereocenters. The Morgan fingerprint density at radius 2 is 1.63 bits per heavy atom. The first-order valence-electron chi connectivity index (χ1n) is 10.3. The largest absolute Gasteiger partial charge is 0.444 e. The van der Waals surface area contributed by atoms with E-state index in [0.29, 0.717) is 12.4 Å². The molecule has 0 saturated carbocycles. The summed E-state index contributed by atoms with van der Waals surface area (Å²) in [5.74, 6) is 1.53. The average molecular weight is 401 g/mol. The molecule has 2 aromatic carbocycles. The van der Waals surface area contributed by atoms with E-state index < -0.39 is 0 Å². The van der Waals surface area contributed by atoms with Crippen molar-refractivity contribution in [1.29, 1.82) is 0 Å². The molecule has 0 aliphatic carbocycles. The zero-order valence-electron chi connectivity index (χ0n) is 18.0. The van der Waals surface area contributed by atoms with Gasteiger partial charge in [0.05, 0.1) is 24.5 Å². The first-order valence-corrected chi connectivity index (χ1v) is 10.3. The molecule has 0 bridgehead atoms. The van der Waals surface area contributed by atoms with Crippen molar-refractivity contribution in [3.8, 4) is 11.3 Å². The monoisotopic (exact) mass is 400 g/mol. The predicted octanol–water partition coefficient (Wildman–Crippen LogP) is 5.36. The molecule has 30 heavy (non-hydrogen) atoms. The summed E-state index contributed by atoms with van der Waals surface area (Å²) < 4.78 is 7.69. The van der Waals surface area contributed by atoms with Gasteiger partial charge in [-0.1, -0.05) is 59.7 Å². The number of rotatable bonds is 7. The first-order chi connectivity index (χ1) is 14.5. The number of nitrogens with zero attached hydrogens (tertiary/aromatic N) is 3. The molecule has 0 aliphatic rings. The van der Waals surface area contributed by atoms with Gasteiger partial charge in [0, 0.05) is 23.9 Å². The second-order valence-electron chi connectivity index (χ2n) is 7.96. The lowest BCUT2D eigenvalue weighted by Gasteiger charge is -2.10. The third-order valence-electron chi connectivity index (χ3n) is 5.24. The Bertz CT molecular complexity index is 1110. The van der Waals surface area contributed by atoms with Gasteiger partial charge in [-0.15, -0.1) is 0 Å². The van der Waals surface area contributed by atoms with Crippen LogP contribution < -0.4 is 5.32 Å². The van der Waals surface area contributed by atoms with Gasteiger partial charge >= 0.3 is 0 Å². The van der Waals surface area contributed by atoms with Crippen molar-refractivity contribution in [1.82, 2.24) is 20.1 Å². The smallest absolute Gasteiger partial charge is 0.211 e. The highest BCUT2D eigenvalue weighted by Crippen LogP contribution is 2.24. The van der Waals surface area contributed by atoms with Crippen molar-refractivity contribution in [2.75, 3.05) is 0 Å². The van der Waals surface area contributed by atoms with Gasteiger partial charge in [0.15, 0.2) is 0 Å². The summed E-state index contributed by atoms with van der Waals surface area (Å²) in [6, 6.07) is 17.2. The fourth-order valence-electron chi connectivity index (χ4n) is 3.43. The lowest BCUT2D eigenvalue weighted by Crippen LogP contribution is -2.18. The van der Waals surface area contributed by atoms with E-state index in [4.69, 9.17) is 9.52 Å².